The fourth-order valence-corrected chi connectivity index (χ4v) is 0.831. The molecule has 0 nitrogen and oxygen atoms in total. The van der Waals surface area contributed by atoms with Crippen molar-refractivity contribution in [3.05, 3.63) is 24.3 Å². The van der Waals surface area contributed by atoms with Gasteiger partial charge in [0.15, 0.2) is 0 Å². The third-order valence-corrected chi connectivity index (χ3v) is 2.28. The first kappa shape index (κ1) is 20.0. The zero-order valence-corrected chi connectivity index (χ0v) is 10.7. The second-order valence-corrected chi connectivity index (χ2v) is 3.36. The van der Waals surface area contributed by atoms with Crippen molar-refractivity contribution in [1.29, 1.82) is 0 Å². The predicted octanol–water partition coefficient (Wildman–Crippen LogP) is 6.00. The van der Waals surface area contributed by atoms with Crippen molar-refractivity contribution in [3.8, 4) is 0 Å². The molecule has 0 amide bonds. The topological polar surface area (TPSA) is 0 Å². The van der Waals surface area contributed by atoms with Gasteiger partial charge in [-0.25, -0.2) is 0 Å². The van der Waals surface area contributed by atoms with Crippen molar-refractivity contribution in [2.75, 3.05) is 0 Å². The molecule has 0 spiro atoms. The molecule has 0 heteroatoms. The second kappa shape index (κ2) is 19.1. The van der Waals surface area contributed by atoms with Crippen molar-refractivity contribution < 1.29 is 0 Å². The lowest BCUT2D eigenvalue weighted by atomic mass is 10.1. The Balaban J connectivity index is -0.000000156. The SMILES string of the molecule is C.C1=CCCC=C1.CC.CCC(C)CC. The molecule has 0 radical (unpaired) electrons. The van der Waals surface area contributed by atoms with Gasteiger partial charge < -0.3 is 0 Å². The minimum absolute atomic E-state index is 0. The summed E-state index contributed by atoms with van der Waals surface area (Å²) in [6, 6.07) is 0. The molecular weight excluding hydrogens is 180 g/mol. The minimum atomic E-state index is 0. The summed E-state index contributed by atoms with van der Waals surface area (Å²) in [6.07, 6.45) is 13.7. The monoisotopic (exact) mass is 212 g/mol. The number of hydrogen-bond acceptors (Lipinski definition) is 0. The molecule has 0 saturated heterocycles. The average Bonchev–Trinajstić information content (AvgIpc) is 2.33. The van der Waals surface area contributed by atoms with Crippen LogP contribution in [0.5, 0.6) is 0 Å². The Bertz CT molecular complexity index is 115. The predicted molar refractivity (Wildman–Crippen MR) is 75.3 cm³/mol. The van der Waals surface area contributed by atoms with Gasteiger partial charge in [0.05, 0.1) is 0 Å². The molecule has 0 aromatic heterocycles. The Labute approximate surface area is 98.5 Å². The van der Waals surface area contributed by atoms with Crippen LogP contribution in [0.1, 0.15) is 67.7 Å². The number of rotatable bonds is 2. The van der Waals surface area contributed by atoms with E-state index in [1.54, 1.807) is 0 Å². The summed E-state index contributed by atoms with van der Waals surface area (Å²) >= 11 is 0. The van der Waals surface area contributed by atoms with Gasteiger partial charge >= 0.3 is 0 Å². The Hall–Kier alpha value is -0.520. The standard InChI is InChI=1S/C6H8.C6H14.C2H6.CH4/c1-2-4-6-5-3-1;1-4-6(3)5-2;1-2;/h1-4H,5-6H2;6H,4-5H2,1-3H3;1-2H3;1H4. The largest absolute Gasteiger partial charge is 0.0842 e. The molecule has 0 saturated carbocycles. The lowest BCUT2D eigenvalue weighted by Gasteiger charge is -1.98. The summed E-state index contributed by atoms with van der Waals surface area (Å²) in [5.41, 5.74) is 0. The summed E-state index contributed by atoms with van der Waals surface area (Å²) in [6.45, 7) is 10.7. The van der Waals surface area contributed by atoms with Crippen molar-refractivity contribution >= 4 is 0 Å². The van der Waals surface area contributed by atoms with Crippen LogP contribution in [-0.2, 0) is 0 Å². The van der Waals surface area contributed by atoms with E-state index in [1.807, 2.05) is 13.8 Å². The van der Waals surface area contributed by atoms with Crippen molar-refractivity contribution in [2.24, 2.45) is 5.92 Å². The zero-order valence-electron chi connectivity index (χ0n) is 10.7. The van der Waals surface area contributed by atoms with Gasteiger partial charge in [-0.15, -0.1) is 0 Å². The van der Waals surface area contributed by atoms with Gasteiger partial charge in [0, 0.05) is 0 Å². The molecule has 0 aromatic rings. The lowest BCUT2D eigenvalue weighted by molar-refractivity contribution is 0.544. The van der Waals surface area contributed by atoms with Crippen LogP contribution in [-0.4, -0.2) is 0 Å². The molecule has 15 heavy (non-hydrogen) atoms. The molecule has 0 fully saturated rings. The summed E-state index contributed by atoms with van der Waals surface area (Å²) < 4.78 is 0. The van der Waals surface area contributed by atoms with Gasteiger partial charge in [-0.1, -0.05) is 79.2 Å². The van der Waals surface area contributed by atoms with E-state index in [4.69, 9.17) is 0 Å². The molecule has 0 atom stereocenters. The maximum atomic E-state index is 2.28. The summed E-state index contributed by atoms with van der Waals surface area (Å²) in [5.74, 6) is 0.935. The fourth-order valence-electron chi connectivity index (χ4n) is 0.831. The van der Waals surface area contributed by atoms with Crippen LogP contribution in [0, 0.1) is 5.92 Å². The van der Waals surface area contributed by atoms with Crippen LogP contribution in [0.15, 0.2) is 24.3 Å². The molecule has 1 rings (SSSR count). The minimum Gasteiger partial charge on any atom is -0.0842 e. The molecule has 0 aliphatic heterocycles. The van der Waals surface area contributed by atoms with Crippen molar-refractivity contribution in [2.45, 2.75) is 67.7 Å². The molecule has 0 bridgehead atoms. The van der Waals surface area contributed by atoms with Gasteiger partial charge in [0.1, 0.15) is 0 Å². The van der Waals surface area contributed by atoms with Crippen LogP contribution in [0.25, 0.3) is 0 Å². The van der Waals surface area contributed by atoms with Crippen molar-refractivity contribution in [3.63, 3.8) is 0 Å². The molecule has 0 aromatic carbocycles. The smallest absolute Gasteiger partial charge is 0.0313 e. The molecule has 0 N–H and O–H groups in total. The zero-order chi connectivity index (χ0) is 11.2. The fraction of sp³-hybridized carbons (Fsp3) is 0.733. The quantitative estimate of drug-likeness (QED) is 0.527. The van der Waals surface area contributed by atoms with E-state index in [2.05, 4.69) is 45.1 Å². The Morgan fingerprint density at radius 1 is 0.933 bits per heavy atom. The van der Waals surface area contributed by atoms with Gasteiger partial charge in [-0.2, -0.15) is 0 Å². The first-order valence-electron chi connectivity index (χ1n) is 6.12. The molecule has 0 unspecified atom stereocenters. The van der Waals surface area contributed by atoms with Crippen LogP contribution in [0.2, 0.25) is 0 Å². The Morgan fingerprint density at radius 2 is 1.27 bits per heavy atom. The van der Waals surface area contributed by atoms with Gasteiger partial charge in [0.2, 0.25) is 0 Å². The first-order valence-corrected chi connectivity index (χ1v) is 6.12. The highest BCUT2D eigenvalue weighted by molar-refractivity contribution is 5.07. The third-order valence-electron chi connectivity index (χ3n) is 2.28. The number of hydrogen-bond donors (Lipinski definition) is 0. The van der Waals surface area contributed by atoms with E-state index in [-0.39, 0.29) is 7.43 Å². The molecule has 0 heterocycles. The molecular formula is C15H32. The summed E-state index contributed by atoms with van der Waals surface area (Å²) in [5, 5.41) is 0. The Kier molecular flexibility index (Phi) is 25.4. The van der Waals surface area contributed by atoms with Crippen LogP contribution in [0.4, 0.5) is 0 Å². The highest BCUT2D eigenvalue weighted by Crippen LogP contribution is 2.02. The van der Waals surface area contributed by atoms with Gasteiger partial charge in [-0.3, -0.25) is 0 Å². The maximum Gasteiger partial charge on any atom is -0.0313 e. The van der Waals surface area contributed by atoms with E-state index >= 15 is 0 Å². The lowest BCUT2D eigenvalue weighted by Crippen LogP contribution is -1.85. The number of allylic oxidation sites excluding steroid dienone is 4. The van der Waals surface area contributed by atoms with E-state index in [9.17, 15) is 0 Å². The van der Waals surface area contributed by atoms with E-state index in [0.29, 0.717) is 0 Å². The van der Waals surface area contributed by atoms with E-state index in [0.717, 1.165) is 5.92 Å². The van der Waals surface area contributed by atoms with Gasteiger partial charge in [0.25, 0.3) is 0 Å². The van der Waals surface area contributed by atoms with Crippen LogP contribution < -0.4 is 0 Å². The highest BCUT2D eigenvalue weighted by atomic mass is 13.9. The summed E-state index contributed by atoms with van der Waals surface area (Å²) in [7, 11) is 0. The molecule has 1 aliphatic rings. The van der Waals surface area contributed by atoms with E-state index < -0.39 is 0 Å². The molecule has 92 valence electrons. The van der Waals surface area contributed by atoms with E-state index in [1.165, 1.54) is 25.7 Å². The highest BCUT2D eigenvalue weighted by Gasteiger charge is 1.88. The van der Waals surface area contributed by atoms with Crippen molar-refractivity contribution in [1.82, 2.24) is 0 Å². The Morgan fingerprint density at radius 3 is 1.33 bits per heavy atom. The third kappa shape index (κ3) is 19.8. The normalized spacial score (nSPS) is 11.9. The summed E-state index contributed by atoms with van der Waals surface area (Å²) in [4.78, 5) is 0. The maximum absolute atomic E-state index is 2.28. The van der Waals surface area contributed by atoms with Crippen LogP contribution >= 0.6 is 0 Å². The first-order chi connectivity index (χ1) is 6.81. The molecule has 1 aliphatic carbocycles. The van der Waals surface area contributed by atoms with Crippen LogP contribution in [0.3, 0.4) is 0 Å². The van der Waals surface area contributed by atoms with Gasteiger partial charge in [-0.05, 0) is 18.8 Å². The second-order valence-electron chi connectivity index (χ2n) is 3.36. The average molecular weight is 212 g/mol.